The molecule has 0 saturated carbocycles. The van der Waals surface area contributed by atoms with Crippen molar-refractivity contribution in [3.63, 3.8) is 0 Å². The van der Waals surface area contributed by atoms with Gasteiger partial charge in [0.15, 0.2) is 0 Å². The maximum absolute atomic E-state index is 6.98. The predicted octanol–water partition coefficient (Wildman–Crippen LogP) is 8.86. The summed E-state index contributed by atoms with van der Waals surface area (Å²) in [5, 5.41) is 5.91. The van der Waals surface area contributed by atoms with Crippen LogP contribution in [0.5, 0.6) is 0 Å². The lowest BCUT2D eigenvalue weighted by molar-refractivity contribution is 0.00698. The van der Waals surface area contributed by atoms with Gasteiger partial charge in [-0.3, -0.25) is 0 Å². The Morgan fingerprint density at radius 3 is 2.14 bits per heavy atom. The van der Waals surface area contributed by atoms with E-state index in [2.05, 4.69) is 10.2 Å². The fraction of sp³-hybridized carbons (Fsp3) is 0.231. The van der Waals surface area contributed by atoms with Gasteiger partial charge in [0, 0.05) is 51.3 Å². The molecular weight excluding hydrogens is 627 g/mol. The molecule has 1 aliphatic heterocycles. The van der Waals surface area contributed by atoms with Crippen molar-refractivity contribution in [3.8, 4) is 0 Å². The zero-order chi connectivity index (χ0) is 24.8. The maximum Gasteiger partial charge on any atom is 0.135 e. The first-order valence-corrected chi connectivity index (χ1v) is 13.0. The van der Waals surface area contributed by atoms with E-state index in [-0.39, 0.29) is 17.0 Å². The first-order valence-electron chi connectivity index (χ1n) is 11.0. The minimum atomic E-state index is -0.451. The van der Waals surface area contributed by atoms with Crippen LogP contribution in [0.2, 0.25) is 20.1 Å². The quantitative estimate of drug-likeness (QED) is 0.175. The third-order valence-electron chi connectivity index (χ3n) is 5.58. The van der Waals surface area contributed by atoms with Crippen molar-refractivity contribution in [1.29, 1.82) is 0 Å². The monoisotopic (exact) mass is 649 g/mol. The largest absolute Gasteiger partial charge is 0.383 e. The molecule has 0 fully saturated rings. The highest BCUT2D eigenvalue weighted by Crippen LogP contribution is 2.32. The topological polar surface area (TPSA) is 27.7 Å². The Balaban J connectivity index is 0.00000361. The van der Waals surface area contributed by atoms with E-state index in [0.717, 1.165) is 34.9 Å². The summed E-state index contributed by atoms with van der Waals surface area (Å²) in [5.41, 5.74) is 2.34. The second-order valence-corrected chi connectivity index (χ2v) is 10.3. The summed E-state index contributed by atoms with van der Waals surface area (Å²) in [5.74, 6) is 0. The van der Waals surface area contributed by atoms with Crippen molar-refractivity contribution >= 4 is 80.7 Å². The van der Waals surface area contributed by atoms with Crippen LogP contribution in [0, 0.1) is 0 Å². The standard InChI is InChI=1S/C26H24Cl5N3O.BrH/c27-20-4-1-18(2-5-20)25(35-16-19-3-6-22(29)15-24(19)30)26(31)34-14-13-33(17-34)12-11-32-23-9-7-21(28)8-10-23;/h1-10,13-15,25-26,32H,11-12,16-17H2;1H. The van der Waals surface area contributed by atoms with Crippen LogP contribution in [0.15, 0.2) is 79.1 Å². The number of rotatable bonds is 10. The molecule has 0 aliphatic carbocycles. The molecule has 0 saturated heterocycles. The van der Waals surface area contributed by atoms with Gasteiger partial charge in [-0.2, -0.15) is 0 Å². The van der Waals surface area contributed by atoms with Crippen molar-refractivity contribution in [3.05, 3.63) is 110 Å². The molecule has 0 bridgehead atoms. The first kappa shape index (κ1) is 29.2. The van der Waals surface area contributed by atoms with Gasteiger partial charge < -0.3 is 19.9 Å². The van der Waals surface area contributed by atoms with Gasteiger partial charge in [-0.1, -0.05) is 76.2 Å². The third kappa shape index (κ3) is 8.09. The fourth-order valence-electron chi connectivity index (χ4n) is 3.68. The summed E-state index contributed by atoms with van der Waals surface area (Å²) < 4.78 is 6.31. The van der Waals surface area contributed by atoms with Crippen LogP contribution in [0.25, 0.3) is 0 Å². The molecule has 2 unspecified atom stereocenters. The Morgan fingerprint density at radius 2 is 1.47 bits per heavy atom. The van der Waals surface area contributed by atoms with Crippen LogP contribution in [-0.4, -0.2) is 35.1 Å². The Labute approximate surface area is 247 Å². The highest BCUT2D eigenvalue weighted by atomic mass is 79.9. The van der Waals surface area contributed by atoms with Crippen molar-refractivity contribution in [2.45, 2.75) is 18.2 Å². The van der Waals surface area contributed by atoms with E-state index in [1.54, 1.807) is 12.1 Å². The summed E-state index contributed by atoms with van der Waals surface area (Å²) in [6, 6.07) is 20.5. The molecule has 1 aliphatic rings. The van der Waals surface area contributed by atoms with E-state index in [9.17, 15) is 0 Å². The van der Waals surface area contributed by atoms with Crippen LogP contribution >= 0.6 is 75.0 Å². The molecule has 4 rings (SSSR count). The molecule has 1 heterocycles. The number of nitrogens with one attached hydrogen (secondary N) is 1. The summed E-state index contributed by atoms with van der Waals surface area (Å²) in [4.78, 5) is 4.24. The Morgan fingerprint density at radius 1 is 0.833 bits per heavy atom. The van der Waals surface area contributed by atoms with E-state index in [1.807, 2.05) is 71.9 Å². The SMILES string of the molecule is Br.Clc1ccc(NCCN2C=CN(C(Cl)C(OCc3ccc(Cl)cc3Cl)c3ccc(Cl)cc3)C2)cc1. The van der Waals surface area contributed by atoms with Gasteiger partial charge in [0.2, 0.25) is 0 Å². The predicted molar refractivity (Wildman–Crippen MR) is 158 cm³/mol. The van der Waals surface area contributed by atoms with E-state index in [0.29, 0.717) is 28.3 Å². The van der Waals surface area contributed by atoms with Gasteiger partial charge in [0.05, 0.1) is 13.3 Å². The fourth-order valence-corrected chi connectivity index (χ4v) is 4.74. The molecule has 36 heavy (non-hydrogen) atoms. The minimum Gasteiger partial charge on any atom is -0.383 e. The maximum atomic E-state index is 6.98. The van der Waals surface area contributed by atoms with Crippen molar-refractivity contribution < 1.29 is 4.74 Å². The van der Waals surface area contributed by atoms with Gasteiger partial charge in [0.1, 0.15) is 11.6 Å². The number of halogens is 6. The van der Waals surface area contributed by atoms with Gasteiger partial charge >= 0.3 is 0 Å². The lowest BCUT2D eigenvalue weighted by Crippen LogP contribution is -2.36. The van der Waals surface area contributed by atoms with Crippen LogP contribution in [0.4, 0.5) is 5.69 Å². The van der Waals surface area contributed by atoms with Gasteiger partial charge in [-0.15, -0.1) is 17.0 Å². The van der Waals surface area contributed by atoms with Crippen molar-refractivity contribution in [1.82, 2.24) is 9.80 Å². The molecule has 192 valence electrons. The average Bonchev–Trinajstić information content (AvgIpc) is 3.31. The Kier molecular flexibility index (Phi) is 11.4. The summed E-state index contributed by atoms with van der Waals surface area (Å²) in [6.07, 6.45) is 3.60. The van der Waals surface area contributed by atoms with E-state index in [1.165, 1.54) is 0 Å². The van der Waals surface area contributed by atoms with E-state index < -0.39 is 11.6 Å². The molecule has 0 aromatic heterocycles. The van der Waals surface area contributed by atoms with Gasteiger partial charge in [-0.25, -0.2) is 0 Å². The van der Waals surface area contributed by atoms with Crippen molar-refractivity contribution in [2.75, 3.05) is 25.1 Å². The molecule has 0 spiro atoms. The smallest absolute Gasteiger partial charge is 0.135 e. The molecule has 4 nitrogen and oxygen atoms in total. The lowest BCUT2D eigenvalue weighted by atomic mass is 10.1. The second-order valence-electron chi connectivity index (χ2n) is 8.09. The molecule has 0 amide bonds. The lowest BCUT2D eigenvalue weighted by Gasteiger charge is -2.31. The number of benzene rings is 3. The number of hydrogen-bond acceptors (Lipinski definition) is 4. The Bertz CT molecular complexity index is 1150. The molecule has 3 aromatic carbocycles. The highest BCUT2D eigenvalue weighted by Gasteiger charge is 2.29. The summed E-state index contributed by atoms with van der Waals surface area (Å²) >= 11 is 31.4. The first-order chi connectivity index (χ1) is 16.9. The normalized spacial score (nSPS) is 14.5. The molecule has 1 N–H and O–H groups in total. The molecule has 3 aromatic rings. The Hall–Kier alpha value is -1.31. The van der Waals surface area contributed by atoms with Crippen LogP contribution < -0.4 is 5.32 Å². The third-order valence-corrected chi connectivity index (χ3v) is 7.16. The molecular formula is C26H25BrCl5N3O. The second kappa shape index (κ2) is 14.0. The van der Waals surface area contributed by atoms with Gasteiger partial charge in [-0.05, 0) is 59.7 Å². The number of anilines is 1. The minimum absolute atomic E-state index is 0. The number of alkyl halides is 1. The number of hydrogen-bond donors (Lipinski definition) is 1. The molecule has 10 heteroatoms. The molecule has 0 radical (unpaired) electrons. The average molecular weight is 653 g/mol. The van der Waals surface area contributed by atoms with Crippen LogP contribution in [-0.2, 0) is 11.3 Å². The number of nitrogens with zero attached hydrogens (tertiary/aromatic N) is 2. The summed E-state index contributed by atoms with van der Waals surface area (Å²) in [7, 11) is 0. The zero-order valence-corrected chi connectivity index (χ0v) is 24.6. The van der Waals surface area contributed by atoms with Crippen LogP contribution in [0.3, 0.4) is 0 Å². The van der Waals surface area contributed by atoms with Crippen LogP contribution in [0.1, 0.15) is 17.2 Å². The van der Waals surface area contributed by atoms with Crippen molar-refractivity contribution in [2.24, 2.45) is 0 Å². The van der Waals surface area contributed by atoms with E-state index in [4.69, 9.17) is 62.7 Å². The van der Waals surface area contributed by atoms with Gasteiger partial charge in [0.25, 0.3) is 0 Å². The summed E-state index contributed by atoms with van der Waals surface area (Å²) in [6.45, 7) is 2.52. The zero-order valence-electron chi connectivity index (χ0n) is 19.1. The number of ether oxygens (including phenoxy) is 1. The highest BCUT2D eigenvalue weighted by molar-refractivity contribution is 8.93. The van der Waals surface area contributed by atoms with E-state index >= 15 is 0 Å². The molecule has 2 atom stereocenters.